The Bertz CT molecular complexity index is 482. The van der Waals surface area contributed by atoms with Crippen LogP contribution in [0, 0.1) is 0 Å². The van der Waals surface area contributed by atoms with E-state index < -0.39 is 10.0 Å². The first-order valence-corrected chi connectivity index (χ1v) is 7.77. The summed E-state index contributed by atoms with van der Waals surface area (Å²) >= 11 is 0. The van der Waals surface area contributed by atoms with Crippen molar-refractivity contribution in [2.45, 2.75) is 38.1 Å². The van der Waals surface area contributed by atoms with Gasteiger partial charge in [0.25, 0.3) is 0 Å². The van der Waals surface area contributed by atoms with Gasteiger partial charge < -0.3 is 5.73 Å². The Kier molecular flexibility index (Phi) is 5.31. The van der Waals surface area contributed by atoms with Gasteiger partial charge in [-0.1, -0.05) is 32.9 Å². The molecule has 0 aromatic heterocycles. The van der Waals surface area contributed by atoms with Gasteiger partial charge in [0.15, 0.2) is 0 Å². The normalized spacial score (nSPS) is 13.8. The van der Waals surface area contributed by atoms with E-state index >= 15 is 0 Å². The lowest BCUT2D eigenvalue weighted by Gasteiger charge is -2.19. The SMILES string of the molecule is CCC(N)c1cccc(S(=O)(=O)N(CC)CC)c1. The molecular formula is C13H22N2O2S. The number of nitrogens with two attached hydrogens (primary N) is 1. The molecule has 0 fully saturated rings. The molecule has 0 amide bonds. The fourth-order valence-corrected chi connectivity index (χ4v) is 3.37. The van der Waals surface area contributed by atoms with Gasteiger partial charge in [-0.05, 0) is 24.1 Å². The van der Waals surface area contributed by atoms with E-state index in [0.717, 1.165) is 12.0 Å². The molecule has 18 heavy (non-hydrogen) atoms. The highest BCUT2D eigenvalue weighted by Crippen LogP contribution is 2.20. The molecule has 5 heteroatoms. The summed E-state index contributed by atoms with van der Waals surface area (Å²) in [6.45, 7) is 6.60. The van der Waals surface area contributed by atoms with E-state index in [1.807, 2.05) is 26.8 Å². The predicted molar refractivity (Wildman–Crippen MR) is 73.8 cm³/mol. The van der Waals surface area contributed by atoms with Crippen LogP contribution in [-0.4, -0.2) is 25.8 Å². The molecule has 102 valence electrons. The molecule has 2 N–H and O–H groups in total. The summed E-state index contributed by atoms with van der Waals surface area (Å²) in [5, 5.41) is 0. The third-order valence-corrected chi connectivity index (χ3v) is 5.12. The Balaban J connectivity index is 3.17. The molecule has 0 saturated heterocycles. The van der Waals surface area contributed by atoms with Crippen LogP contribution >= 0.6 is 0 Å². The molecule has 1 unspecified atom stereocenters. The van der Waals surface area contributed by atoms with Crippen molar-refractivity contribution in [1.82, 2.24) is 4.31 Å². The number of hydrogen-bond donors (Lipinski definition) is 1. The van der Waals surface area contributed by atoms with Gasteiger partial charge in [-0.15, -0.1) is 0 Å². The van der Waals surface area contributed by atoms with E-state index in [2.05, 4.69) is 0 Å². The van der Waals surface area contributed by atoms with Gasteiger partial charge in [-0.3, -0.25) is 0 Å². The van der Waals surface area contributed by atoms with E-state index in [4.69, 9.17) is 5.73 Å². The highest BCUT2D eigenvalue weighted by molar-refractivity contribution is 7.89. The Hall–Kier alpha value is -0.910. The van der Waals surface area contributed by atoms with Crippen LogP contribution in [0.25, 0.3) is 0 Å². The summed E-state index contributed by atoms with van der Waals surface area (Å²) in [7, 11) is -3.39. The first-order chi connectivity index (χ1) is 8.47. The van der Waals surface area contributed by atoms with E-state index in [1.165, 1.54) is 4.31 Å². The van der Waals surface area contributed by atoms with Crippen molar-refractivity contribution in [3.8, 4) is 0 Å². The zero-order valence-corrected chi connectivity index (χ0v) is 12.1. The highest BCUT2D eigenvalue weighted by atomic mass is 32.2. The lowest BCUT2D eigenvalue weighted by molar-refractivity contribution is 0.445. The van der Waals surface area contributed by atoms with Crippen LogP contribution < -0.4 is 5.73 Å². The number of benzene rings is 1. The van der Waals surface area contributed by atoms with E-state index in [-0.39, 0.29) is 6.04 Å². The van der Waals surface area contributed by atoms with Gasteiger partial charge in [0.1, 0.15) is 0 Å². The molecule has 0 heterocycles. The largest absolute Gasteiger partial charge is 0.324 e. The fraction of sp³-hybridized carbons (Fsp3) is 0.538. The van der Waals surface area contributed by atoms with E-state index in [0.29, 0.717) is 18.0 Å². The molecule has 0 radical (unpaired) electrons. The van der Waals surface area contributed by atoms with Gasteiger partial charge in [0.05, 0.1) is 4.90 Å². The number of sulfonamides is 1. The minimum atomic E-state index is -3.39. The summed E-state index contributed by atoms with van der Waals surface area (Å²) in [5.74, 6) is 0. The second kappa shape index (κ2) is 6.31. The molecule has 0 aliphatic carbocycles. The molecule has 1 aromatic rings. The molecule has 1 atom stereocenters. The van der Waals surface area contributed by atoms with E-state index in [1.54, 1.807) is 18.2 Å². The molecule has 0 bridgehead atoms. The monoisotopic (exact) mass is 270 g/mol. The maximum Gasteiger partial charge on any atom is 0.243 e. The van der Waals surface area contributed by atoms with Gasteiger partial charge >= 0.3 is 0 Å². The molecule has 1 aromatic carbocycles. The Labute approximate surface area is 110 Å². The van der Waals surface area contributed by atoms with E-state index in [9.17, 15) is 8.42 Å². The lowest BCUT2D eigenvalue weighted by atomic mass is 10.1. The van der Waals surface area contributed by atoms with Crippen molar-refractivity contribution in [1.29, 1.82) is 0 Å². The highest BCUT2D eigenvalue weighted by Gasteiger charge is 2.22. The van der Waals surface area contributed by atoms with Gasteiger partial charge in [-0.25, -0.2) is 8.42 Å². The minimum Gasteiger partial charge on any atom is -0.324 e. The lowest BCUT2D eigenvalue weighted by Crippen LogP contribution is -2.30. The van der Waals surface area contributed by atoms with Gasteiger partial charge in [-0.2, -0.15) is 4.31 Å². The fourth-order valence-electron chi connectivity index (χ4n) is 1.85. The van der Waals surface area contributed by atoms with Crippen LogP contribution in [0.3, 0.4) is 0 Å². The van der Waals surface area contributed by atoms with Crippen LogP contribution in [-0.2, 0) is 10.0 Å². The van der Waals surface area contributed by atoms with Crippen molar-refractivity contribution < 1.29 is 8.42 Å². The average molecular weight is 270 g/mol. The maximum atomic E-state index is 12.3. The Morgan fingerprint density at radius 2 is 1.83 bits per heavy atom. The second-order valence-electron chi connectivity index (χ2n) is 4.18. The smallest absolute Gasteiger partial charge is 0.243 e. The van der Waals surface area contributed by atoms with Crippen LogP contribution in [0.4, 0.5) is 0 Å². The number of hydrogen-bond acceptors (Lipinski definition) is 3. The van der Waals surface area contributed by atoms with Crippen LogP contribution in [0.15, 0.2) is 29.2 Å². The zero-order chi connectivity index (χ0) is 13.8. The van der Waals surface area contributed by atoms with Gasteiger partial charge in [0, 0.05) is 19.1 Å². The third kappa shape index (κ3) is 3.10. The zero-order valence-electron chi connectivity index (χ0n) is 11.3. The molecular weight excluding hydrogens is 248 g/mol. The number of rotatable bonds is 6. The third-order valence-electron chi connectivity index (χ3n) is 3.07. The van der Waals surface area contributed by atoms with Crippen molar-refractivity contribution in [3.63, 3.8) is 0 Å². The van der Waals surface area contributed by atoms with Crippen molar-refractivity contribution >= 4 is 10.0 Å². The Morgan fingerprint density at radius 3 is 2.33 bits per heavy atom. The van der Waals surface area contributed by atoms with Crippen LogP contribution in [0.1, 0.15) is 38.8 Å². The Morgan fingerprint density at radius 1 is 1.22 bits per heavy atom. The minimum absolute atomic E-state index is 0.114. The molecule has 0 aliphatic rings. The van der Waals surface area contributed by atoms with Crippen molar-refractivity contribution in [2.24, 2.45) is 5.73 Å². The molecule has 0 spiro atoms. The van der Waals surface area contributed by atoms with Gasteiger partial charge in [0.2, 0.25) is 10.0 Å². The molecule has 0 saturated carbocycles. The maximum absolute atomic E-state index is 12.3. The van der Waals surface area contributed by atoms with Crippen LogP contribution in [0.5, 0.6) is 0 Å². The first kappa shape index (κ1) is 15.1. The number of nitrogens with zero attached hydrogens (tertiary/aromatic N) is 1. The van der Waals surface area contributed by atoms with Crippen LogP contribution in [0.2, 0.25) is 0 Å². The van der Waals surface area contributed by atoms with Crippen molar-refractivity contribution in [2.75, 3.05) is 13.1 Å². The topological polar surface area (TPSA) is 63.4 Å². The van der Waals surface area contributed by atoms with Crippen molar-refractivity contribution in [3.05, 3.63) is 29.8 Å². The average Bonchev–Trinajstić information content (AvgIpc) is 2.39. The summed E-state index contributed by atoms with van der Waals surface area (Å²) in [4.78, 5) is 0.326. The first-order valence-electron chi connectivity index (χ1n) is 6.33. The molecule has 0 aliphatic heterocycles. The quantitative estimate of drug-likeness (QED) is 0.861. The summed E-state index contributed by atoms with van der Waals surface area (Å²) in [5.41, 5.74) is 6.81. The standard InChI is InChI=1S/C13H22N2O2S/c1-4-13(14)11-8-7-9-12(10-11)18(16,17)15(5-2)6-3/h7-10,13H,4-6,14H2,1-3H3. The summed E-state index contributed by atoms with van der Waals surface area (Å²) in [6, 6.07) is 6.81. The predicted octanol–water partition coefficient (Wildman–Crippen LogP) is 2.13. The molecule has 1 rings (SSSR count). The second-order valence-corrected chi connectivity index (χ2v) is 6.11. The summed E-state index contributed by atoms with van der Waals surface area (Å²) < 4.78 is 26.1. The summed E-state index contributed by atoms with van der Waals surface area (Å²) in [6.07, 6.45) is 0.786. The molecule has 4 nitrogen and oxygen atoms in total.